The lowest BCUT2D eigenvalue weighted by molar-refractivity contribution is 0.106. The van der Waals surface area contributed by atoms with Crippen LogP contribution in [0.4, 0.5) is 0 Å². The van der Waals surface area contributed by atoms with Gasteiger partial charge in [0.15, 0.2) is 0 Å². The normalized spacial score (nSPS) is 27.6. The highest BCUT2D eigenvalue weighted by molar-refractivity contribution is 5.30. The van der Waals surface area contributed by atoms with Gasteiger partial charge in [0.25, 0.3) is 0 Å². The van der Waals surface area contributed by atoms with Crippen molar-refractivity contribution in [3.63, 3.8) is 0 Å². The average Bonchev–Trinajstić information content (AvgIpc) is 2.20. The van der Waals surface area contributed by atoms with E-state index in [0.29, 0.717) is 5.92 Å². The predicted molar refractivity (Wildman–Crippen MR) is 58.4 cm³/mol. The molecular formula is C13H18O. The molecule has 76 valence electrons. The Kier molecular flexibility index (Phi) is 2.87. The molecule has 0 aliphatic heterocycles. The lowest BCUT2D eigenvalue weighted by Crippen LogP contribution is -2.23. The van der Waals surface area contributed by atoms with Gasteiger partial charge in [0, 0.05) is 5.92 Å². The summed E-state index contributed by atoms with van der Waals surface area (Å²) in [5, 5.41) is 9.95. The van der Waals surface area contributed by atoms with Crippen molar-refractivity contribution in [3.8, 4) is 0 Å². The minimum atomic E-state index is -0.121. The van der Waals surface area contributed by atoms with Crippen molar-refractivity contribution in [1.82, 2.24) is 0 Å². The fraction of sp³-hybridized carbons (Fsp3) is 0.538. The third-order valence-corrected chi connectivity index (χ3v) is 3.32. The van der Waals surface area contributed by atoms with Gasteiger partial charge in [0.05, 0.1) is 6.10 Å². The Morgan fingerprint density at radius 2 is 1.86 bits per heavy atom. The van der Waals surface area contributed by atoms with Gasteiger partial charge in [-0.1, -0.05) is 37.1 Å². The smallest absolute Gasteiger partial charge is 0.0608 e. The van der Waals surface area contributed by atoms with Crippen LogP contribution in [0.2, 0.25) is 0 Å². The molecule has 1 aliphatic carbocycles. The van der Waals surface area contributed by atoms with Crippen molar-refractivity contribution in [2.45, 2.75) is 44.6 Å². The van der Waals surface area contributed by atoms with Crippen LogP contribution < -0.4 is 0 Å². The maximum Gasteiger partial charge on any atom is 0.0608 e. The molecule has 0 radical (unpaired) electrons. The summed E-state index contributed by atoms with van der Waals surface area (Å²) in [7, 11) is 0. The molecule has 1 aromatic carbocycles. The van der Waals surface area contributed by atoms with Crippen LogP contribution in [-0.4, -0.2) is 11.2 Å². The Morgan fingerprint density at radius 1 is 1.14 bits per heavy atom. The summed E-state index contributed by atoms with van der Waals surface area (Å²) >= 11 is 0. The van der Waals surface area contributed by atoms with Crippen LogP contribution in [0, 0.1) is 6.92 Å². The summed E-state index contributed by atoms with van der Waals surface area (Å²) in [4.78, 5) is 0. The topological polar surface area (TPSA) is 20.2 Å². The van der Waals surface area contributed by atoms with Crippen LogP contribution in [-0.2, 0) is 0 Å². The van der Waals surface area contributed by atoms with Gasteiger partial charge < -0.3 is 5.11 Å². The van der Waals surface area contributed by atoms with Crippen LogP contribution >= 0.6 is 0 Å². The molecular weight excluding hydrogens is 172 g/mol. The zero-order valence-corrected chi connectivity index (χ0v) is 8.74. The van der Waals surface area contributed by atoms with Gasteiger partial charge in [-0.05, 0) is 30.9 Å². The van der Waals surface area contributed by atoms with E-state index in [4.69, 9.17) is 0 Å². The first-order valence-corrected chi connectivity index (χ1v) is 5.52. The predicted octanol–water partition coefficient (Wildman–Crippen LogP) is 3.01. The van der Waals surface area contributed by atoms with Gasteiger partial charge in [-0.15, -0.1) is 0 Å². The largest absolute Gasteiger partial charge is 0.392 e. The van der Waals surface area contributed by atoms with E-state index < -0.39 is 0 Å². The van der Waals surface area contributed by atoms with Crippen molar-refractivity contribution in [1.29, 1.82) is 0 Å². The molecule has 0 saturated heterocycles. The molecule has 2 atom stereocenters. The average molecular weight is 190 g/mol. The van der Waals surface area contributed by atoms with Crippen LogP contribution in [0.15, 0.2) is 24.3 Å². The molecule has 2 rings (SSSR count). The van der Waals surface area contributed by atoms with Crippen molar-refractivity contribution in [3.05, 3.63) is 35.4 Å². The number of benzene rings is 1. The van der Waals surface area contributed by atoms with Gasteiger partial charge in [0.2, 0.25) is 0 Å². The molecule has 1 aromatic rings. The van der Waals surface area contributed by atoms with Crippen LogP contribution in [0.1, 0.15) is 42.7 Å². The Hall–Kier alpha value is -0.820. The summed E-state index contributed by atoms with van der Waals surface area (Å²) < 4.78 is 0. The lowest BCUT2D eigenvalue weighted by atomic mass is 9.80. The number of hydrogen-bond acceptors (Lipinski definition) is 1. The van der Waals surface area contributed by atoms with Crippen LogP contribution in [0.3, 0.4) is 0 Å². The summed E-state index contributed by atoms with van der Waals surface area (Å²) in [5.74, 6) is 0.380. The van der Waals surface area contributed by atoms with Gasteiger partial charge in [-0.25, -0.2) is 0 Å². The number of aliphatic hydroxyl groups excluding tert-OH is 1. The van der Waals surface area contributed by atoms with E-state index in [2.05, 4.69) is 31.2 Å². The first-order chi connectivity index (χ1) is 6.79. The highest BCUT2D eigenvalue weighted by Crippen LogP contribution is 2.34. The first kappa shape index (κ1) is 9.72. The molecule has 0 heterocycles. The zero-order valence-electron chi connectivity index (χ0n) is 8.74. The second kappa shape index (κ2) is 4.14. The van der Waals surface area contributed by atoms with E-state index in [1.807, 2.05) is 0 Å². The van der Waals surface area contributed by atoms with Gasteiger partial charge >= 0.3 is 0 Å². The highest BCUT2D eigenvalue weighted by Gasteiger charge is 2.25. The van der Waals surface area contributed by atoms with E-state index in [-0.39, 0.29) is 6.10 Å². The molecule has 1 N–H and O–H groups in total. The van der Waals surface area contributed by atoms with E-state index in [1.165, 1.54) is 24.0 Å². The van der Waals surface area contributed by atoms with Crippen LogP contribution in [0.25, 0.3) is 0 Å². The first-order valence-electron chi connectivity index (χ1n) is 5.52. The maximum atomic E-state index is 9.95. The molecule has 14 heavy (non-hydrogen) atoms. The number of hydrogen-bond donors (Lipinski definition) is 1. The third-order valence-electron chi connectivity index (χ3n) is 3.32. The Labute approximate surface area is 85.8 Å². The van der Waals surface area contributed by atoms with Crippen molar-refractivity contribution >= 4 is 0 Å². The van der Waals surface area contributed by atoms with E-state index in [9.17, 15) is 5.11 Å². The summed E-state index contributed by atoms with van der Waals surface area (Å²) in [6.45, 7) is 2.14. The Balaban J connectivity index is 2.25. The van der Waals surface area contributed by atoms with E-state index >= 15 is 0 Å². The molecule has 1 nitrogen and oxygen atoms in total. The zero-order chi connectivity index (χ0) is 9.97. The molecule has 0 spiro atoms. The molecule has 1 fully saturated rings. The second-order valence-electron chi connectivity index (χ2n) is 4.31. The molecule has 0 amide bonds. The fourth-order valence-corrected chi connectivity index (χ4v) is 2.48. The molecule has 1 aliphatic rings. The van der Waals surface area contributed by atoms with Gasteiger partial charge in [-0.3, -0.25) is 0 Å². The Bertz CT molecular complexity index is 306. The van der Waals surface area contributed by atoms with E-state index in [1.54, 1.807) is 0 Å². The lowest BCUT2D eigenvalue weighted by Gasteiger charge is -2.29. The van der Waals surface area contributed by atoms with Gasteiger partial charge in [0.1, 0.15) is 0 Å². The summed E-state index contributed by atoms with van der Waals surface area (Å²) in [5.41, 5.74) is 2.66. The highest BCUT2D eigenvalue weighted by atomic mass is 16.3. The number of aryl methyl sites for hydroxylation is 1. The summed E-state index contributed by atoms with van der Waals surface area (Å²) in [6.07, 6.45) is 4.44. The molecule has 1 saturated carbocycles. The Morgan fingerprint density at radius 3 is 2.57 bits per heavy atom. The standard InChI is InChI=1S/C13H18O/c1-10-6-2-3-7-11(10)12-8-4-5-9-13(12)14/h2-3,6-7,12-14H,4-5,8-9H2,1H3/t12-,13+/m0/s1. The quantitative estimate of drug-likeness (QED) is 0.721. The maximum absolute atomic E-state index is 9.95. The van der Waals surface area contributed by atoms with Crippen LogP contribution in [0.5, 0.6) is 0 Å². The number of aliphatic hydroxyl groups is 1. The second-order valence-corrected chi connectivity index (χ2v) is 4.31. The summed E-state index contributed by atoms with van der Waals surface area (Å²) in [6, 6.07) is 8.43. The molecule has 1 heteroatoms. The monoisotopic (exact) mass is 190 g/mol. The van der Waals surface area contributed by atoms with Crippen molar-refractivity contribution in [2.24, 2.45) is 0 Å². The minimum absolute atomic E-state index is 0.121. The SMILES string of the molecule is Cc1ccccc1[C@@H]1CCCC[C@H]1O. The fourth-order valence-electron chi connectivity index (χ4n) is 2.48. The number of rotatable bonds is 1. The third kappa shape index (κ3) is 1.83. The van der Waals surface area contributed by atoms with Crippen molar-refractivity contribution in [2.75, 3.05) is 0 Å². The minimum Gasteiger partial charge on any atom is -0.392 e. The molecule has 0 aromatic heterocycles. The van der Waals surface area contributed by atoms with Crippen molar-refractivity contribution < 1.29 is 5.11 Å². The van der Waals surface area contributed by atoms with E-state index in [0.717, 1.165) is 12.8 Å². The van der Waals surface area contributed by atoms with Gasteiger partial charge in [-0.2, -0.15) is 0 Å². The molecule has 0 bridgehead atoms. The molecule has 0 unspecified atom stereocenters.